The maximum absolute atomic E-state index is 14.2. The lowest BCUT2D eigenvalue weighted by molar-refractivity contribution is -0.170. The zero-order valence-electron chi connectivity index (χ0n) is 31.7. The summed E-state index contributed by atoms with van der Waals surface area (Å²) in [7, 11) is 0. The molecule has 16 heteroatoms. The van der Waals surface area contributed by atoms with E-state index in [0.29, 0.717) is 12.1 Å². The van der Waals surface area contributed by atoms with Crippen LogP contribution in [0.1, 0.15) is 89.0 Å². The minimum atomic E-state index is -1.22. The Morgan fingerprint density at radius 2 is 1.67 bits per heavy atom. The number of aliphatic hydroxyl groups excluding tert-OH is 1. The number of aromatic nitrogens is 2. The quantitative estimate of drug-likeness (QED) is 0.0809. The standard InChI is InChI=1S/C39H53N9O7/c1-4-11-27(31(49)36(53)42-25-16-17-25)44-33(50)26-21-47(38(55)43-24-14-9-6-10-15-24)22-29(26)48-37(54)32(39(48,2)3)46-35(52)30(23-12-7-5-8-13-23)45-34(51)28-20-40-18-19-41-28/h6,9-10,14-15,18-20,23,25-27,29-30,32,38,43,55H,4-5,7-8,11-13,16-17,21-22H2,1-3H3,(H,42,53)(H,44,50)(H,45,51)(H,46,52)/t26?,27?,29-,30-,32?,38?/m0/s1. The number of rotatable bonds is 16. The zero-order chi connectivity index (χ0) is 39.3. The molecular weight excluding hydrogens is 706 g/mol. The van der Waals surface area contributed by atoms with Gasteiger partial charge in [0.15, 0.2) is 6.35 Å². The first-order valence-electron chi connectivity index (χ1n) is 19.5. The Labute approximate surface area is 321 Å². The fourth-order valence-corrected chi connectivity index (χ4v) is 8.14. The third-order valence-electron chi connectivity index (χ3n) is 11.3. The molecule has 3 heterocycles. The molecular formula is C39H53N9O7. The van der Waals surface area contributed by atoms with E-state index in [-0.39, 0.29) is 37.2 Å². The van der Waals surface area contributed by atoms with Crippen LogP contribution in [0.15, 0.2) is 48.9 Å². The smallest absolute Gasteiger partial charge is 0.289 e. The number of benzene rings is 1. The van der Waals surface area contributed by atoms with Gasteiger partial charge in [-0.3, -0.25) is 38.7 Å². The second kappa shape index (κ2) is 17.2. The molecule has 4 unspecified atom stereocenters. The van der Waals surface area contributed by atoms with E-state index < -0.39 is 77.3 Å². The summed E-state index contributed by atoms with van der Waals surface area (Å²) in [5, 5.41) is 25.6. The lowest BCUT2D eigenvalue weighted by Crippen LogP contribution is -2.80. The van der Waals surface area contributed by atoms with Gasteiger partial charge < -0.3 is 36.6 Å². The lowest BCUT2D eigenvalue weighted by atomic mass is 9.77. The van der Waals surface area contributed by atoms with Crippen LogP contribution in [0.3, 0.4) is 0 Å². The van der Waals surface area contributed by atoms with Gasteiger partial charge in [0.25, 0.3) is 11.8 Å². The topological polar surface area (TPSA) is 215 Å². The van der Waals surface area contributed by atoms with Crippen LogP contribution < -0.4 is 26.6 Å². The third kappa shape index (κ3) is 9.13. The number of Topliss-reactive ketones (excluding diaryl/α,β-unsaturated/α-hetero) is 1. The van der Waals surface area contributed by atoms with E-state index in [4.69, 9.17) is 0 Å². The van der Waals surface area contributed by atoms with Crippen molar-refractivity contribution in [3.63, 3.8) is 0 Å². The molecule has 1 aromatic heterocycles. The maximum Gasteiger partial charge on any atom is 0.289 e. The molecule has 55 heavy (non-hydrogen) atoms. The highest BCUT2D eigenvalue weighted by atomic mass is 16.3. The molecule has 5 amide bonds. The van der Waals surface area contributed by atoms with E-state index in [1.54, 1.807) is 35.8 Å². The van der Waals surface area contributed by atoms with Crippen LogP contribution in [0.4, 0.5) is 5.69 Å². The summed E-state index contributed by atoms with van der Waals surface area (Å²) in [6, 6.07) is 5.35. The Hall–Kier alpha value is -4.96. The summed E-state index contributed by atoms with van der Waals surface area (Å²) in [4.78, 5) is 92.7. The number of hydrogen-bond acceptors (Lipinski definition) is 11. The molecule has 6 N–H and O–H groups in total. The summed E-state index contributed by atoms with van der Waals surface area (Å²) in [6.45, 7) is 5.59. The van der Waals surface area contributed by atoms with Gasteiger partial charge in [0.2, 0.25) is 23.5 Å². The number of hydrogen-bond donors (Lipinski definition) is 6. The predicted octanol–water partition coefficient (Wildman–Crippen LogP) is 1.08. The maximum atomic E-state index is 14.2. The minimum Gasteiger partial charge on any atom is -0.361 e. The Bertz CT molecular complexity index is 1720. The molecule has 296 valence electrons. The molecule has 6 atom stereocenters. The van der Waals surface area contributed by atoms with E-state index >= 15 is 0 Å². The van der Waals surface area contributed by atoms with E-state index in [1.165, 1.54) is 18.6 Å². The van der Waals surface area contributed by atoms with Gasteiger partial charge in [-0.1, -0.05) is 50.8 Å². The fourth-order valence-electron chi connectivity index (χ4n) is 8.14. The van der Waals surface area contributed by atoms with Crippen molar-refractivity contribution in [1.29, 1.82) is 0 Å². The predicted molar refractivity (Wildman–Crippen MR) is 201 cm³/mol. The monoisotopic (exact) mass is 759 g/mol. The van der Waals surface area contributed by atoms with Crippen LogP contribution in [0, 0.1) is 11.8 Å². The molecule has 4 aliphatic rings. The van der Waals surface area contributed by atoms with Gasteiger partial charge in [-0.25, -0.2) is 4.98 Å². The van der Waals surface area contributed by atoms with Crippen LogP contribution in [0.25, 0.3) is 0 Å². The molecule has 2 aliphatic heterocycles. The van der Waals surface area contributed by atoms with Crippen molar-refractivity contribution in [1.82, 2.24) is 41.0 Å². The lowest BCUT2D eigenvalue weighted by Gasteiger charge is -2.57. The average Bonchev–Trinajstić information content (AvgIpc) is 3.90. The fraction of sp³-hybridized carbons (Fsp3) is 0.590. The molecule has 4 fully saturated rings. The van der Waals surface area contributed by atoms with Gasteiger partial charge >= 0.3 is 0 Å². The van der Waals surface area contributed by atoms with Crippen LogP contribution in [-0.2, 0) is 24.0 Å². The van der Waals surface area contributed by atoms with Crippen LogP contribution in [-0.4, -0.2) is 115 Å². The molecule has 0 bridgehead atoms. The van der Waals surface area contributed by atoms with Crippen LogP contribution in [0.5, 0.6) is 0 Å². The molecule has 0 radical (unpaired) electrons. The highest BCUT2D eigenvalue weighted by molar-refractivity contribution is 6.38. The van der Waals surface area contributed by atoms with Gasteiger partial charge in [0.1, 0.15) is 17.8 Å². The first-order chi connectivity index (χ1) is 26.4. The summed E-state index contributed by atoms with van der Waals surface area (Å²) in [5.74, 6) is -4.44. The van der Waals surface area contributed by atoms with E-state index in [0.717, 1.165) is 44.9 Å². The number of carbonyl (C=O) groups excluding carboxylic acids is 6. The van der Waals surface area contributed by atoms with Gasteiger partial charge in [0, 0.05) is 37.2 Å². The van der Waals surface area contributed by atoms with Crippen molar-refractivity contribution < 1.29 is 33.9 Å². The Balaban J connectivity index is 1.20. The minimum absolute atomic E-state index is 0.0266. The summed E-state index contributed by atoms with van der Waals surface area (Å²) >= 11 is 0. The Kier molecular flexibility index (Phi) is 12.4. The summed E-state index contributed by atoms with van der Waals surface area (Å²) < 4.78 is 0. The number of carbonyl (C=O) groups is 6. The van der Waals surface area contributed by atoms with Crippen molar-refractivity contribution in [2.45, 2.75) is 121 Å². The number of anilines is 1. The Morgan fingerprint density at radius 1 is 0.945 bits per heavy atom. The number of nitrogens with zero attached hydrogens (tertiary/aromatic N) is 4. The molecule has 0 spiro atoms. The second-order valence-electron chi connectivity index (χ2n) is 15.7. The molecule has 2 aromatic rings. The first-order valence-corrected chi connectivity index (χ1v) is 19.5. The number of likely N-dealkylation sites (tertiary alicyclic amines) is 2. The highest BCUT2D eigenvalue weighted by Crippen LogP contribution is 2.39. The summed E-state index contributed by atoms with van der Waals surface area (Å²) in [6.07, 6.45) is 9.71. The number of para-hydroxylation sites is 1. The van der Waals surface area contributed by atoms with Crippen LogP contribution >= 0.6 is 0 Å². The van der Waals surface area contributed by atoms with E-state index in [9.17, 15) is 33.9 Å². The third-order valence-corrected chi connectivity index (χ3v) is 11.3. The van der Waals surface area contributed by atoms with Crippen molar-refractivity contribution in [3.8, 4) is 0 Å². The SMILES string of the molecule is CCCC(NC(=O)C1CN(C(O)Nc2ccccc2)C[C@@H]1N1C(=O)C(NC(=O)[C@@H](NC(=O)c2cnccn2)C2CCCCC2)C1(C)C)C(=O)C(=O)NC1CC1. The first kappa shape index (κ1) is 39.7. The molecule has 2 aliphatic carbocycles. The van der Waals surface area contributed by atoms with Gasteiger partial charge in [-0.05, 0) is 64.0 Å². The Morgan fingerprint density at radius 3 is 2.31 bits per heavy atom. The molecule has 1 aromatic carbocycles. The van der Waals surface area contributed by atoms with Crippen molar-refractivity contribution in [3.05, 3.63) is 54.6 Å². The van der Waals surface area contributed by atoms with Gasteiger partial charge in [-0.2, -0.15) is 0 Å². The number of aliphatic hydroxyl groups is 1. The number of amides is 5. The highest BCUT2D eigenvalue weighted by Gasteiger charge is 2.61. The van der Waals surface area contributed by atoms with Crippen LogP contribution in [0.2, 0.25) is 0 Å². The van der Waals surface area contributed by atoms with E-state index in [2.05, 4.69) is 36.6 Å². The molecule has 2 saturated carbocycles. The van der Waals surface area contributed by atoms with Gasteiger partial charge in [0.05, 0.1) is 29.7 Å². The molecule has 6 rings (SSSR count). The second-order valence-corrected chi connectivity index (χ2v) is 15.7. The normalized spacial score (nSPS) is 24.1. The number of β-lactam (4-membered cyclic amide) rings is 1. The average molecular weight is 760 g/mol. The zero-order valence-corrected chi connectivity index (χ0v) is 31.7. The molecule has 2 saturated heterocycles. The number of nitrogens with one attached hydrogen (secondary N) is 5. The number of ketones is 1. The van der Waals surface area contributed by atoms with Crippen molar-refractivity contribution in [2.75, 3.05) is 18.4 Å². The van der Waals surface area contributed by atoms with Gasteiger partial charge in [-0.15, -0.1) is 0 Å². The van der Waals surface area contributed by atoms with Crippen molar-refractivity contribution >= 4 is 41.0 Å². The van der Waals surface area contributed by atoms with Crippen molar-refractivity contribution in [2.24, 2.45) is 11.8 Å². The van der Waals surface area contributed by atoms with E-state index in [1.807, 2.05) is 25.1 Å². The summed E-state index contributed by atoms with van der Waals surface area (Å²) in [5.41, 5.74) is -0.261. The molecule has 16 nitrogen and oxygen atoms in total. The largest absolute Gasteiger partial charge is 0.361 e.